The number of ether oxygens (including phenoxy) is 3. The van der Waals surface area contributed by atoms with Gasteiger partial charge in [-0.15, -0.1) is 0 Å². The Labute approximate surface area is 206 Å². The quantitative estimate of drug-likeness (QED) is 0.204. The zero-order valence-electron chi connectivity index (χ0n) is 17.1. The fourth-order valence-electron chi connectivity index (χ4n) is 2.41. The lowest BCUT2D eigenvalue weighted by atomic mass is 10.1. The predicted octanol–water partition coefficient (Wildman–Crippen LogP) is 4.33. The number of nitriles is 1. The van der Waals surface area contributed by atoms with Crippen LogP contribution >= 0.6 is 38.5 Å². The van der Waals surface area contributed by atoms with Gasteiger partial charge < -0.3 is 19.5 Å². The summed E-state index contributed by atoms with van der Waals surface area (Å²) in [5.41, 5.74) is 1.24. The molecular formula is C22H18BrIN2O6. The highest BCUT2D eigenvalue weighted by atomic mass is 127. The molecule has 0 atom stereocenters. The van der Waals surface area contributed by atoms with E-state index in [0.29, 0.717) is 30.6 Å². The van der Waals surface area contributed by atoms with Gasteiger partial charge in [0.1, 0.15) is 17.4 Å². The Morgan fingerprint density at radius 2 is 1.91 bits per heavy atom. The summed E-state index contributed by atoms with van der Waals surface area (Å²) in [4.78, 5) is 35.5. The van der Waals surface area contributed by atoms with Crippen LogP contribution < -0.4 is 10.1 Å². The van der Waals surface area contributed by atoms with Crippen LogP contribution in [0.25, 0.3) is 6.08 Å². The molecule has 1 N–H and O–H groups in total. The number of carbonyl (C=O) groups is 3. The van der Waals surface area contributed by atoms with Gasteiger partial charge in [-0.2, -0.15) is 5.26 Å². The van der Waals surface area contributed by atoms with Crippen molar-refractivity contribution in [1.29, 1.82) is 5.26 Å². The zero-order chi connectivity index (χ0) is 23.7. The van der Waals surface area contributed by atoms with E-state index in [4.69, 9.17) is 9.47 Å². The number of benzene rings is 2. The lowest BCUT2D eigenvalue weighted by Gasteiger charge is -2.11. The number of hydrogen-bond acceptors (Lipinski definition) is 7. The van der Waals surface area contributed by atoms with Gasteiger partial charge in [-0.25, -0.2) is 9.59 Å². The lowest BCUT2D eigenvalue weighted by Crippen LogP contribution is -2.14. The minimum atomic E-state index is -0.603. The van der Waals surface area contributed by atoms with Crippen molar-refractivity contribution < 1.29 is 28.6 Å². The molecule has 0 saturated carbocycles. The molecule has 2 rings (SSSR count). The smallest absolute Gasteiger partial charge is 0.343 e. The molecule has 0 spiro atoms. The summed E-state index contributed by atoms with van der Waals surface area (Å²) >= 11 is 5.39. The van der Waals surface area contributed by atoms with Crippen LogP contribution in [0.5, 0.6) is 5.75 Å². The highest BCUT2D eigenvalue weighted by Crippen LogP contribution is 2.32. The van der Waals surface area contributed by atoms with Gasteiger partial charge >= 0.3 is 11.9 Å². The van der Waals surface area contributed by atoms with Gasteiger partial charge in [0.15, 0.2) is 6.61 Å². The van der Waals surface area contributed by atoms with Crippen LogP contribution in [0, 0.1) is 14.9 Å². The van der Waals surface area contributed by atoms with Crippen LogP contribution in [-0.2, 0) is 19.1 Å². The summed E-state index contributed by atoms with van der Waals surface area (Å²) in [7, 11) is 1.27. The molecule has 166 valence electrons. The van der Waals surface area contributed by atoms with Crippen molar-refractivity contribution in [3.63, 3.8) is 0 Å². The van der Waals surface area contributed by atoms with Crippen LogP contribution in [0.1, 0.15) is 22.8 Å². The van der Waals surface area contributed by atoms with Gasteiger partial charge in [0, 0.05) is 5.69 Å². The number of hydrogen-bond donors (Lipinski definition) is 1. The Kier molecular flexibility index (Phi) is 9.67. The molecule has 0 aromatic heterocycles. The van der Waals surface area contributed by atoms with E-state index >= 15 is 0 Å². The average Bonchev–Trinajstić information content (AvgIpc) is 2.77. The highest BCUT2D eigenvalue weighted by Gasteiger charge is 2.14. The third-order valence-corrected chi connectivity index (χ3v) is 5.30. The number of amides is 1. The molecule has 0 unspecified atom stereocenters. The number of esters is 2. The highest BCUT2D eigenvalue weighted by molar-refractivity contribution is 14.1. The number of halogens is 2. The molecule has 10 heteroatoms. The minimum absolute atomic E-state index is 0.120. The minimum Gasteiger partial charge on any atom is -0.480 e. The van der Waals surface area contributed by atoms with Crippen molar-refractivity contribution in [2.24, 2.45) is 0 Å². The van der Waals surface area contributed by atoms with Crippen molar-refractivity contribution in [1.82, 2.24) is 0 Å². The molecular weight excluding hydrogens is 595 g/mol. The van der Waals surface area contributed by atoms with Gasteiger partial charge in [-0.1, -0.05) is 0 Å². The Morgan fingerprint density at radius 1 is 1.22 bits per heavy atom. The normalized spacial score (nSPS) is 10.7. The van der Waals surface area contributed by atoms with Crippen LogP contribution in [-0.4, -0.2) is 38.2 Å². The van der Waals surface area contributed by atoms with E-state index in [1.165, 1.54) is 25.3 Å². The number of carbonyl (C=O) groups excluding carboxylic acids is 3. The van der Waals surface area contributed by atoms with Crippen LogP contribution in [0.4, 0.5) is 5.69 Å². The summed E-state index contributed by atoms with van der Waals surface area (Å²) in [6.07, 6.45) is 1.43. The second kappa shape index (κ2) is 12.2. The Bertz CT molecular complexity index is 1070. The van der Waals surface area contributed by atoms with Crippen molar-refractivity contribution in [3.05, 3.63) is 61.1 Å². The maximum absolute atomic E-state index is 12.5. The van der Waals surface area contributed by atoms with Gasteiger partial charge in [0.05, 0.1) is 27.3 Å². The third-order valence-electron chi connectivity index (χ3n) is 3.91. The van der Waals surface area contributed by atoms with Crippen LogP contribution in [0.15, 0.2) is 46.4 Å². The second-order valence-electron chi connectivity index (χ2n) is 6.10. The first-order valence-corrected chi connectivity index (χ1v) is 11.0. The van der Waals surface area contributed by atoms with E-state index < -0.39 is 17.8 Å². The Balaban J connectivity index is 2.16. The zero-order valence-corrected chi connectivity index (χ0v) is 20.9. The van der Waals surface area contributed by atoms with Crippen molar-refractivity contribution in [3.8, 4) is 11.8 Å². The molecule has 0 aliphatic heterocycles. The molecule has 32 heavy (non-hydrogen) atoms. The number of nitrogens with one attached hydrogen (secondary N) is 1. The molecule has 1 amide bonds. The SMILES string of the molecule is CCOC(=O)c1ccc(NC(=O)/C(C#N)=C/c2cc(Br)c(OCC(=O)OC)c(I)c2)cc1. The van der Waals surface area contributed by atoms with E-state index in [1.54, 1.807) is 31.2 Å². The molecule has 2 aromatic rings. The van der Waals surface area contributed by atoms with E-state index in [-0.39, 0.29) is 18.8 Å². The summed E-state index contributed by atoms with van der Waals surface area (Å²) in [5, 5.41) is 12.1. The van der Waals surface area contributed by atoms with Gasteiger partial charge in [0.2, 0.25) is 0 Å². The number of methoxy groups -OCH3 is 1. The standard InChI is InChI=1S/C22H18BrIN2O6/c1-3-31-22(29)14-4-6-16(7-5-14)26-21(28)15(11-25)8-13-9-17(23)20(18(24)10-13)32-12-19(27)30-2/h4-10H,3,12H2,1-2H3,(H,26,28)/b15-8+. The first kappa shape index (κ1) is 25.4. The summed E-state index contributed by atoms with van der Waals surface area (Å²) in [5.74, 6) is -1.14. The number of rotatable bonds is 8. The third kappa shape index (κ3) is 7.06. The number of anilines is 1. The fraction of sp³-hybridized carbons (Fsp3) is 0.182. The monoisotopic (exact) mass is 612 g/mol. The van der Waals surface area contributed by atoms with Crippen LogP contribution in [0.3, 0.4) is 0 Å². The van der Waals surface area contributed by atoms with Crippen molar-refractivity contribution in [2.75, 3.05) is 25.6 Å². The molecule has 8 nitrogen and oxygen atoms in total. The van der Waals surface area contributed by atoms with E-state index in [9.17, 15) is 19.6 Å². The van der Waals surface area contributed by atoms with Crippen molar-refractivity contribution >= 4 is 68.1 Å². The van der Waals surface area contributed by atoms with E-state index in [1.807, 2.05) is 28.7 Å². The fourth-order valence-corrected chi connectivity index (χ4v) is 4.18. The topological polar surface area (TPSA) is 115 Å². The Hall–Kier alpha value is -2.91. The van der Waals surface area contributed by atoms with Crippen LogP contribution in [0.2, 0.25) is 0 Å². The first-order chi connectivity index (χ1) is 15.3. The van der Waals surface area contributed by atoms with E-state index in [2.05, 4.69) is 26.0 Å². The second-order valence-corrected chi connectivity index (χ2v) is 8.12. The largest absolute Gasteiger partial charge is 0.480 e. The van der Waals surface area contributed by atoms with E-state index in [0.717, 1.165) is 0 Å². The Morgan fingerprint density at radius 3 is 2.47 bits per heavy atom. The predicted molar refractivity (Wildman–Crippen MR) is 129 cm³/mol. The summed E-state index contributed by atoms with van der Waals surface area (Å²) < 4.78 is 16.1. The summed E-state index contributed by atoms with van der Waals surface area (Å²) in [6, 6.07) is 11.4. The molecule has 0 heterocycles. The maximum Gasteiger partial charge on any atom is 0.343 e. The van der Waals surface area contributed by atoms with Gasteiger partial charge in [-0.3, -0.25) is 4.79 Å². The first-order valence-electron chi connectivity index (χ1n) is 9.18. The molecule has 0 fully saturated rings. The molecule has 0 bridgehead atoms. The van der Waals surface area contributed by atoms with Crippen molar-refractivity contribution in [2.45, 2.75) is 6.92 Å². The average molecular weight is 613 g/mol. The molecule has 0 aliphatic rings. The molecule has 0 radical (unpaired) electrons. The maximum atomic E-state index is 12.5. The number of nitrogens with zero attached hydrogens (tertiary/aromatic N) is 1. The van der Waals surface area contributed by atoms with Gasteiger partial charge in [-0.05, 0) is 93.5 Å². The molecule has 2 aromatic carbocycles. The molecule has 0 saturated heterocycles. The molecule has 0 aliphatic carbocycles. The van der Waals surface area contributed by atoms with Gasteiger partial charge in [0.25, 0.3) is 5.91 Å². The lowest BCUT2D eigenvalue weighted by molar-refractivity contribution is -0.142. The summed E-state index contributed by atoms with van der Waals surface area (Å²) in [6.45, 7) is 1.73.